The highest BCUT2D eigenvalue weighted by Gasteiger charge is 2.52. The summed E-state index contributed by atoms with van der Waals surface area (Å²) in [6, 6.07) is 4.49. The van der Waals surface area contributed by atoms with E-state index in [0.717, 1.165) is 11.0 Å². The molecule has 1 fully saturated rings. The first kappa shape index (κ1) is 19.7. The van der Waals surface area contributed by atoms with E-state index >= 15 is 0 Å². The fraction of sp³-hybridized carbons (Fsp3) is 0.471. The second-order valence-electron chi connectivity index (χ2n) is 6.75. The molecule has 3 nitrogen and oxygen atoms in total. The highest BCUT2D eigenvalue weighted by molar-refractivity contribution is 9.10. The van der Waals surface area contributed by atoms with Gasteiger partial charge in [-0.15, -0.1) is 0 Å². The molecule has 7 heteroatoms. The van der Waals surface area contributed by atoms with E-state index in [0.29, 0.717) is 10.2 Å². The summed E-state index contributed by atoms with van der Waals surface area (Å²) in [5, 5.41) is 0.0237. The number of carbonyl (C=O) groups excluding carboxylic acids is 1. The Morgan fingerprint density at radius 1 is 1.29 bits per heavy atom. The lowest BCUT2D eigenvalue weighted by molar-refractivity contribution is -0.109. The summed E-state index contributed by atoms with van der Waals surface area (Å²) in [7, 11) is -0.543. The van der Waals surface area contributed by atoms with E-state index < -0.39 is 18.3 Å². The van der Waals surface area contributed by atoms with Crippen molar-refractivity contribution in [3.63, 3.8) is 0 Å². The number of thioether (sulfide) groups is 1. The molecule has 0 N–H and O–H groups in total. The minimum absolute atomic E-state index is 0.0237. The molecule has 1 aliphatic heterocycles. The molecule has 24 heavy (non-hydrogen) atoms. The molecule has 0 aromatic heterocycles. The Balaban J connectivity index is 2.35. The van der Waals surface area contributed by atoms with Gasteiger partial charge in [-0.2, -0.15) is 0 Å². The Labute approximate surface area is 155 Å². The van der Waals surface area contributed by atoms with Crippen LogP contribution in [0.4, 0.5) is 4.39 Å². The Hall–Kier alpha value is -0.625. The zero-order valence-corrected chi connectivity index (χ0v) is 16.9. The number of benzene rings is 1. The van der Waals surface area contributed by atoms with E-state index in [-0.39, 0.29) is 10.9 Å². The van der Waals surface area contributed by atoms with Gasteiger partial charge in [-0.05, 0) is 50.9 Å². The first-order valence-electron chi connectivity index (χ1n) is 7.66. The van der Waals surface area contributed by atoms with Crippen molar-refractivity contribution >= 4 is 46.0 Å². The van der Waals surface area contributed by atoms with Crippen molar-refractivity contribution in [2.45, 2.75) is 45.8 Å². The fourth-order valence-corrected chi connectivity index (χ4v) is 3.23. The van der Waals surface area contributed by atoms with Crippen LogP contribution in [0.25, 0.3) is 6.08 Å². The standard InChI is InChI=1S/C17H21BBrFO3S/c1-11(21)24-10-13(8-12-6-7-14(20)9-15(12)19)18-22-16(2,3)17(4,5)23-18/h6-9H,10H2,1-5H3. The molecule has 1 saturated heterocycles. The van der Waals surface area contributed by atoms with Gasteiger partial charge in [-0.3, -0.25) is 4.79 Å². The van der Waals surface area contributed by atoms with E-state index in [1.807, 2.05) is 33.8 Å². The molecule has 1 heterocycles. The molecule has 1 aromatic carbocycles. The highest BCUT2D eigenvalue weighted by Crippen LogP contribution is 2.39. The summed E-state index contributed by atoms with van der Waals surface area (Å²) in [5.74, 6) is 0.144. The smallest absolute Gasteiger partial charge is 0.400 e. The molecule has 1 aromatic rings. The average Bonchev–Trinajstić information content (AvgIpc) is 2.65. The van der Waals surface area contributed by atoms with Crippen LogP contribution in [-0.4, -0.2) is 29.2 Å². The van der Waals surface area contributed by atoms with Crippen LogP contribution in [0.1, 0.15) is 40.2 Å². The van der Waals surface area contributed by atoms with E-state index in [4.69, 9.17) is 9.31 Å². The summed E-state index contributed by atoms with van der Waals surface area (Å²) >= 11 is 4.57. The maximum absolute atomic E-state index is 13.3. The number of rotatable bonds is 4. The zero-order chi connectivity index (χ0) is 18.1. The SMILES string of the molecule is CC(=O)SCC(=Cc1ccc(F)cc1Br)B1OC(C)(C)C(C)(C)O1. The van der Waals surface area contributed by atoms with E-state index in [1.54, 1.807) is 6.07 Å². The van der Waals surface area contributed by atoms with Gasteiger partial charge in [0.15, 0.2) is 5.12 Å². The molecule has 0 radical (unpaired) electrons. The van der Waals surface area contributed by atoms with Crippen molar-refractivity contribution in [1.29, 1.82) is 0 Å². The molecular weight excluding hydrogens is 394 g/mol. The van der Waals surface area contributed by atoms with Crippen molar-refractivity contribution in [3.05, 3.63) is 39.5 Å². The van der Waals surface area contributed by atoms with E-state index in [2.05, 4.69) is 15.9 Å². The molecule has 0 aliphatic carbocycles. The van der Waals surface area contributed by atoms with Crippen LogP contribution in [-0.2, 0) is 14.1 Å². The monoisotopic (exact) mass is 414 g/mol. The lowest BCUT2D eigenvalue weighted by Crippen LogP contribution is -2.41. The molecule has 0 spiro atoms. The van der Waals surface area contributed by atoms with Gasteiger partial charge in [-0.1, -0.05) is 39.8 Å². The van der Waals surface area contributed by atoms with Gasteiger partial charge in [0.2, 0.25) is 0 Å². The van der Waals surface area contributed by atoms with Crippen molar-refractivity contribution in [2.24, 2.45) is 0 Å². The fourth-order valence-electron chi connectivity index (χ4n) is 2.18. The van der Waals surface area contributed by atoms with Crippen molar-refractivity contribution in [2.75, 3.05) is 5.75 Å². The molecule has 0 atom stereocenters. The van der Waals surface area contributed by atoms with Crippen molar-refractivity contribution in [1.82, 2.24) is 0 Å². The van der Waals surface area contributed by atoms with Crippen molar-refractivity contribution in [3.8, 4) is 0 Å². The topological polar surface area (TPSA) is 35.5 Å². The predicted molar refractivity (Wildman–Crippen MR) is 101 cm³/mol. The largest absolute Gasteiger partial charge is 0.491 e. The molecule has 0 saturated carbocycles. The third kappa shape index (κ3) is 4.51. The average molecular weight is 415 g/mol. The number of hydrogen-bond acceptors (Lipinski definition) is 4. The Bertz CT molecular complexity index is 660. The summed E-state index contributed by atoms with van der Waals surface area (Å²) in [6.45, 7) is 9.46. The molecule has 0 bridgehead atoms. The third-order valence-corrected chi connectivity index (χ3v) is 5.87. The van der Waals surface area contributed by atoms with Crippen LogP contribution in [0.2, 0.25) is 0 Å². The number of halogens is 2. The van der Waals surface area contributed by atoms with Crippen LogP contribution >= 0.6 is 27.7 Å². The summed E-state index contributed by atoms with van der Waals surface area (Å²) in [4.78, 5) is 11.4. The van der Waals surface area contributed by atoms with Gasteiger partial charge in [0, 0.05) is 17.1 Å². The minimum atomic E-state index is -0.543. The summed E-state index contributed by atoms with van der Waals surface area (Å²) < 4.78 is 26.1. The maximum Gasteiger partial charge on any atom is 0.491 e. The van der Waals surface area contributed by atoms with E-state index in [1.165, 1.54) is 30.8 Å². The molecule has 0 unspecified atom stereocenters. The first-order chi connectivity index (χ1) is 11.0. The molecule has 2 rings (SSSR count). The summed E-state index contributed by atoms with van der Waals surface area (Å²) in [6.07, 6.45) is 1.89. The second kappa shape index (κ2) is 7.32. The quantitative estimate of drug-likeness (QED) is 0.657. The normalized spacial score (nSPS) is 19.6. The van der Waals surface area contributed by atoms with Gasteiger partial charge < -0.3 is 9.31 Å². The summed E-state index contributed by atoms with van der Waals surface area (Å²) in [5.41, 5.74) is 0.724. The van der Waals surface area contributed by atoms with Gasteiger partial charge in [0.25, 0.3) is 0 Å². The Morgan fingerprint density at radius 3 is 2.38 bits per heavy atom. The third-order valence-electron chi connectivity index (χ3n) is 4.30. The van der Waals surface area contributed by atoms with Gasteiger partial charge in [-0.25, -0.2) is 4.39 Å². The van der Waals surface area contributed by atoms with Gasteiger partial charge >= 0.3 is 7.12 Å². The lowest BCUT2D eigenvalue weighted by atomic mass is 9.78. The van der Waals surface area contributed by atoms with Crippen molar-refractivity contribution < 1.29 is 18.5 Å². The van der Waals surface area contributed by atoms with Crippen LogP contribution in [0.5, 0.6) is 0 Å². The molecule has 130 valence electrons. The Morgan fingerprint density at radius 2 is 1.88 bits per heavy atom. The Kier molecular flexibility index (Phi) is 6.01. The minimum Gasteiger partial charge on any atom is -0.400 e. The van der Waals surface area contributed by atoms with Gasteiger partial charge in [0.05, 0.1) is 11.2 Å². The lowest BCUT2D eigenvalue weighted by Gasteiger charge is -2.32. The molecule has 1 aliphatic rings. The van der Waals surface area contributed by atoms with E-state index in [9.17, 15) is 9.18 Å². The molecular formula is C17H21BBrFO3S. The second-order valence-corrected chi connectivity index (χ2v) is 8.76. The zero-order valence-electron chi connectivity index (χ0n) is 14.5. The maximum atomic E-state index is 13.3. The van der Waals surface area contributed by atoms with Crippen LogP contribution in [0.3, 0.4) is 0 Å². The van der Waals surface area contributed by atoms with Crippen LogP contribution in [0.15, 0.2) is 28.1 Å². The molecule has 0 amide bonds. The number of carbonyl (C=O) groups is 1. The predicted octanol–water partition coefficient (Wildman–Crippen LogP) is 4.88. The van der Waals surface area contributed by atoms with Crippen LogP contribution < -0.4 is 0 Å². The number of hydrogen-bond donors (Lipinski definition) is 0. The van der Waals surface area contributed by atoms with Gasteiger partial charge in [0.1, 0.15) is 5.82 Å². The van der Waals surface area contributed by atoms with Crippen LogP contribution in [0, 0.1) is 5.82 Å². The highest BCUT2D eigenvalue weighted by atomic mass is 79.9. The first-order valence-corrected chi connectivity index (χ1v) is 9.44.